The van der Waals surface area contributed by atoms with Crippen molar-refractivity contribution in [3.05, 3.63) is 29.3 Å². The lowest BCUT2D eigenvalue weighted by Gasteiger charge is -2.27. The van der Waals surface area contributed by atoms with Crippen LogP contribution in [-0.4, -0.2) is 35.2 Å². The molecule has 0 spiro atoms. The van der Waals surface area contributed by atoms with E-state index >= 15 is 0 Å². The third-order valence-electron chi connectivity index (χ3n) is 3.46. The summed E-state index contributed by atoms with van der Waals surface area (Å²) >= 11 is 0. The highest BCUT2D eigenvalue weighted by Crippen LogP contribution is 2.20. The fraction of sp³-hybridized carbons (Fsp3) is 0.429. The second kappa shape index (κ2) is 5.50. The van der Waals surface area contributed by atoms with Crippen LogP contribution in [0.2, 0.25) is 0 Å². The molecular weight excluding hydrogens is 273 g/mol. The van der Waals surface area contributed by atoms with E-state index in [0.717, 1.165) is 5.56 Å². The van der Waals surface area contributed by atoms with Crippen molar-refractivity contribution in [2.24, 2.45) is 5.41 Å². The van der Waals surface area contributed by atoms with Crippen LogP contribution in [0, 0.1) is 5.41 Å². The first kappa shape index (κ1) is 15.5. The molecule has 2 rings (SSSR count). The van der Waals surface area contributed by atoms with Crippen molar-refractivity contribution in [2.45, 2.75) is 33.4 Å². The van der Waals surface area contributed by atoms with Gasteiger partial charge in [-0.3, -0.25) is 4.79 Å². The number of aliphatic carboxylic acids is 1. The first-order valence-corrected chi connectivity index (χ1v) is 6.66. The van der Waals surface area contributed by atoms with Crippen LogP contribution in [0.1, 0.15) is 36.7 Å². The van der Waals surface area contributed by atoms with E-state index < -0.39 is 30.5 Å². The Morgan fingerprint density at radius 1 is 1.38 bits per heavy atom. The van der Waals surface area contributed by atoms with Crippen molar-refractivity contribution < 1.29 is 24.4 Å². The minimum absolute atomic E-state index is 0.300. The number of nitrogens with one attached hydrogen (secondary N) is 1. The van der Waals surface area contributed by atoms with Gasteiger partial charge in [0.1, 0.15) is 6.04 Å². The Kier molecular flexibility index (Phi) is 4.07. The number of carbonyl (C=O) groups is 2. The fourth-order valence-electron chi connectivity index (χ4n) is 2.22. The van der Waals surface area contributed by atoms with Gasteiger partial charge in [0.05, 0.1) is 6.61 Å². The van der Waals surface area contributed by atoms with Gasteiger partial charge in [-0.2, -0.15) is 0 Å². The molecule has 0 radical (unpaired) electrons. The SMILES string of the molecule is CC(C)(C)C(NC(=O)c1ccc2c(c1)B(O)OC2)C(=O)O. The molecule has 1 heterocycles. The van der Waals surface area contributed by atoms with Crippen molar-refractivity contribution in [3.63, 3.8) is 0 Å². The maximum absolute atomic E-state index is 12.2. The first-order chi connectivity index (χ1) is 9.70. The first-order valence-electron chi connectivity index (χ1n) is 6.66. The Labute approximate surface area is 123 Å². The minimum atomic E-state index is -1.08. The van der Waals surface area contributed by atoms with Gasteiger partial charge < -0.3 is 20.1 Å². The lowest BCUT2D eigenvalue weighted by molar-refractivity contribution is -0.142. The van der Waals surface area contributed by atoms with E-state index in [1.54, 1.807) is 32.9 Å². The van der Waals surface area contributed by atoms with Gasteiger partial charge in [0.15, 0.2) is 0 Å². The molecule has 1 aromatic rings. The van der Waals surface area contributed by atoms with Crippen molar-refractivity contribution in [2.75, 3.05) is 0 Å². The molecule has 1 aromatic carbocycles. The van der Waals surface area contributed by atoms with Crippen molar-refractivity contribution >= 4 is 24.5 Å². The van der Waals surface area contributed by atoms with Crippen LogP contribution in [0.3, 0.4) is 0 Å². The van der Waals surface area contributed by atoms with E-state index in [2.05, 4.69) is 5.32 Å². The van der Waals surface area contributed by atoms with Crippen LogP contribution in [0.4, 0.5) is 0 Å². The maximum atomic E-state index is 12.2. The summed E-state index contributed by atoms with van der Waals surface area (Å²) in [6, 6.07) is 3.83. The van der Waals surface area contributed by atoms with Gasteiger partial charge in [-0.25, -0.2) is 4.79 Å². The Morgan fingerprint density at radius 3 is 2.62 bits per heavy atom. The summed E-state index contributed by atoms with van der Waals surface area (Å²) in [5.41, 5.74) is 1.06. The lowest BCUT2D eigenvalue weighted by atomic mass is 9.78. The molecule has 0 aliphatic carbocycles. The number of benzene rings is 1. The molecule has 1 amide bonds. The molecule has 6 nitrogen and oxygen atoms in total. The van der Waals surface area contributed by atoms with Crippen LogP contribution < -0.4 is 10.8 Å². The number of carboxylic acid groups (broad SMARTS) is 1. The molecule has 0 fully saturated rings. The summed E-state index contributed by atoms with van der Waals surface area (Å²) < 4.78 is 5.06. The summed E-state index contributed by atoms with van der Waals surface area (Å²) in [4.78, 5) is 23.5. The zero-order chi connectivity index (χ0) is 15.8. The van der Waals surface area contributed by atoms with Crippen LogP contribution in [0.5, 0.6) is 0 Å². The summed E-state index contributed by atoms with van der Waals surface area (Å²) in [5, 5.41) is 21.4. The Bertz CT molecular complexity index is 581. The average molecular weight is 291 g/mol. The van der Waals surface area contributed by atoms with E-state index in [1.807, 2.05) is 0 Å². The van der Waals surface area contributed by atoms with Gasteiger partial charge in [0.25, 0.3) is 5.91 Å². The molecule has 1 unspecified atom stereocenters. The Balaban J connectivity index is 2.21. The molecule has 1 aliphatic rings. The topological polar surface area (TPSA) is 95.9 Å². The van der Waals surface area contributed by atoms with Crippen LogP contribution in [0.15, 0.2) is 18.2 Å². The predicted molar refractivity (Wildman–Crippen MR) is 77.2 cm³/mol. The van der Waals surface area contributed by atoms with Crippen molar-refractivity contribution in [1.82, 2.24) is 5.32 Å². The number of carboxylic acids is 1. The minimum Gasteiger partial charge on any atom is -0.480 e. The zero-order valence-electron chi connectivity index (χ0n) is 12.2. The van der Waals surface area contributed by atoms with Gasteiger partial charge in [-0.1, -0.05) is 26.8 Å². The number of hydrogen-bond donors (Lipinski definition) is 3. The summed E-state index contributed by atoms with van der Waals surface area (Å²) in [6.45, 7) is 5.53. The fourth-order valence-corrected chi connectivity index (χ4v) is 2.22. The zero-order valence-corrected chi connectivity index (χ0v) is 12.2. The van der Waals surface area contributed by atoms with E-state index in [-0.39, 0.29) is 0 Å². The highest BCUT2D eigenvalue weighted by Gasteiger charge is 2.33. The molecule has 7 heteroatoms. The van der Waals surface area contributed by atoms with Gasteiger partial charge in [0.2, 0.25) is 0 Å². The van der Waals surface area contributed by atoms with Crippen LogP contribution >= 0.6 is 0 Å². The number of fused-ring (bicyclic) bond motifs is 1. The molecule has 1 aliphatic heterocycles. The Hall–Kier alpha value is -1.86. The third kappa shape index (κ3) is 3.25. The van der Waals surface area contributed by atoms with Crippen LogP contribution in [-0.2, 0) is 16.1 Å². The largest absolute Gasteiger partial charge is 0.491 e. The average Bonchev–Trinajstić information content (AvgIpc) is 2.75. The van der Waals surface area contributed by atoms with Crippen LogP contribution in [0.25, 0.3) is 0 Å². The number of hydrogen-bond acceptors (Lipinski definition) is 4. The van der Waals surface area contributed by atoms with Gasteiger partial charge in [-0.05, 0) is 28.6 Å². The van der Waals surface area contributed by atoms with E-state index in [1.165, 1.54) is 6.07 Å². The lowest BCUT2D eigenvalue weighted by Crippen LogP contribution is -2.49. The number of amides is 1. The number of carbonyl (C=O) groups excluding carboxylic acids is 1. The molecule has 1 atom stereocenters. The standard InChI is InChI=1S/C14H18BNO5/c1-14(2,3)11(13(18)19)16-12(17)8-4-5-9-7-21-15(20)10(9)6-8/h4-6,11,20H,7H2,1-3H3,(H,16,17)(H,18,19). The van der Waals surface area contributed by atoms with Gasteiger partial charge in [-0.15, -0.1) is 0 Å². The maximum Gasteiger partial charge on any atom is 0.491 e. The van der Waals surface area contributed by atoms with Gasteiger partial charge in [0, 0.05) is 5.56 Å². The molecule has 3 N–H and O–H groups in total. The predicted octanol–water partition coefficient (Wildman–Crippen LogP) is 0.133. The second-order valence-electron chi connectivity index (χ2n) is 6.19. The molecule has 0 saturated carbocycles. The normalized spacial score (nSPS) is 15.5. The molecular formula is C14H18BNO5. The highest BCUT2D eigenvalue weighted by molar-refractivity contribution is 6.61. The monoisotopic (exact) mass is 291 g/mol. The van der Waals surface area contributed by atoms with Crippen molar-refractivity contribution in [3.8, 4) is 0 Å². The molecule has 112 valence electrons. The summed E-state index contributed by atoms with van der Waals surface area (Å²) in [5.74, 6) is -1.57. The number of rotatable bonds is 3. The molecule has 0 bridgehead atoms. The summed E-state index contributed by atoms with van der Waals surface area (Å²) in [6.07, 6.45) is 0. The quantitative estimate of drug-likeness (QED) is 0.688. The van der Waals surface area contributed by atoms with E-state index in [4.69, 9.17) is 4.65 Å². The van der Waals surface area contributed by atoms with E-state index in [0.29, 0.717) is 17.6 Å². The smallest absolute Gasteiger partial charge is 0.480 e. The second-order valence-corrected chi connectivity index (χ2v) is 6.19. The third-order valence-corrected chi connectivity index (χ3v) is 3.46. The summed E-state index contributed by atoms with van der Waals surface area (Å²) in [7, 11) is -1.04. The Morgan fingerprint density at radius 2 is 2.05 bits per heavy atom. The molecule has 21 heavy (non-hydrogen) atoms. The van der Waals surface area contributed by atoms with Crippen molar-refractivity contribution in [1.29, 1.82) is 0 Å². The molecule has 0 saturated heterocycles. The highest BCUT2D eigenvalue weighted by atomic mass is 16.5. The van der Waals surface area contributed by atoms with E-state index in [9.17, 15) is 19.7 Å². The van der Waals surface area contributed by atoms with Gasteiger partial charge >= 0.3 is 13.1 Å². The molecule has 0 aromatic heterocycles.